The fourth-order valence-electron chi connectivity index (χ4n) is 2.30. The van der Waals surface area contributed by atoms with Gasteiger partial charge in [0.25, 0.3) is 0 Å². The molecule has 1 aliphatic carbocycles. The standard InChI is InChI=1S/C14H24N2O4S/c1-10-13(8-15-3)14(11(2)20-10)21(17,18)16-6-7-19-9-12-4-5-12/h12,15-16H,4-9H2,1-3H3. The van der Waals surface area contributed by atoms with Crippen LogP contribution in [-0.2, 0) is 21.3 Å². The minimum Gasteiger partial charge on any atom is -0.465 e. The van der Waals surface area contributed by atoms with E-state index >= 15 is 0 Å². The second-order valence-electron chi connectivity index (χ2n) is 5.47. The first kappa shape index (κ1) is 16.5. The third kappa shape index (κ3) is 4.29. The van der Waals surface area contributed by atoms with Gasteiger partial charge in [0.05, 0.1) is 6.61 Å². The van der Waals surface area contributed by atoms with Crippen LogP contribution in [0.5, 0.6) is 0 Å². The van der Waals surface area contributed by atoms with Gasteiger partial charge in [-0.05, 0) is 39.7 Å². The molecule has 2 rings (SSSR count). The number of rotatable bonds is 9. The number of nitrogens with one attached hydrogen (secondary N) is 2. The number of hydrogen-bond donors (Lipinski definition) is 2. The Morgan fingerprint density at radius 3 is 2.62 bits per heavy atom. The van der Waals surface area contributed by atoms with Gasteiger partial charge in [0, 0.05) is 25.3 Å². The van der Waals surface area contributed by atoms with Crippen LogP contribution in [-0.4, -0.2) is 35.2 Å². The normalized spacial score (nSPS) is 15.6. The molecule has 0 bridgehead atoms. The van der Waals surface area contributed by atoms with Gasteiger partial charge < -0.3 is 14.5 Å². The molecule has 1 heterocycles. The van der Waals surface area contributed by atoms with E-state index in [1.807, 2.05) is 0 Å². The van der Waals surface area contributed by atoms with Gasteiger partial charge in [-0.3, -0.25) is 0 Å². The average Bonchev–Trinajstić information content (AvgIpc) is 3.16. The van der Waals surface area contributed by atoms with E-state index in [1.54, 1.807) is 20.9 Å². The topological polar surface area (TPSA) is 80.6 Å². The minimum atomic E-state index is -3.57. The molecule has 6 nitrogen and oxygen atoms in total. The van der Waals surface area contributed by atoms with E-state index < -0.39 is 10.0 Å². The van der Waals surface area contributed by atoms with Crippen LogP contribution >= 0.6 is 0 Å². The Hall–Kier alpha value is -0.890. The molecule has 21 heavy (non-hydrogen) atoms. The zero-order valence-electron chi connectivity index (χ0n) is 12.9. The van der Waals surface area contributed by atoms with Crippen molar-refractivity contribution in [3.8, 4) is 0 Å². The Balaban J connectivity index is 1.97. The summed E-state index contributed by atoms with van der Waals surface area (Å²) in [6.07, 6.45) is 2.46. The first-order valence-electron chi connectivity index (χ1n) is 7.26. The number of aryl methyl sites for hydroxylation is 2. The molecule has 1 saturated carbocycles. The molecule has 7 heteroatoms. The number of furan rings is 1. The van der Waals surface area contributed by atoms with Crippen molar-refractivity contribution in [2.45, 2.75) is 38.1 Å². The molecular formula is C14H24N2O4S. The molecule has 0 amide bonds. The van der Waals surface area contributed by atoms with E-state index in [1.165, 1.54) is 12.8 Å². The number of hydrogen-bond acceptors (Lipinski definition) is 5. The quantitative estimate of drug-likeness (QED) is 0.672. The van der Waals surface area contributed by atoms with Crippen LogP contribution in [0.25, 0.3) is 0 Å². The van der Waals surface area contributed by atoms with Gasteiger partial charge in [0.1, 0.15) is 16.4 Å². The average molecular weight is 316 g/mol. The molecule has 0 unspecified atom stereocenters. The Morgan fingerprint density at radius 1 is 1.29 bits per heavy atom. The maximum Gasteiger partial charge on any atom is 0.244 e. The minimum absolute atomic E-state index is 0.247. The summed E-state index contributed by atoms with van der Waals surface area (Å²) in [6.45, 7) is 5.31. The van der Waals surface area contributed by atoms with Gasteiger partial charge in [-0.25, -0.2) is 13.1 Å². The lowest BCUT2D eigenvalue weighted by molar-refractivity contribution is 0.129. The first-order chi connectivity index (χ1) is 9.95. The van der Waals surface area contributed by atoms with Gasteiger partial charge in [0.15, 0.2) is 0 Å². The van der Waals surface area contributed by atoms with Crippen molar-refractivity contribution in [1.29, 1.82) is 0 Å². The Kier molecular flexibility index (Phi) is 5.43. The van der Waals surface area contributed by atoms with Crippen LogP contribution in [0.1, 0.15) is 29.9 Å². The van der Waals surface area contributed by atoms with Gasteiger partial charge in [-0.15, -0.1) is 0 Å². The molecule has 2 N–H and O–H groups in total. The zero-order chi connectivity index (χ0) is 15.5. The third-order valence-electron chi connectivity index (χ3n) is 3.54. The SMILES string of the molecule is CNCc1c(C)oc(C)c1S(=O)(=O)NCCOCC1CC1. The van der Waals surface area contributed by atoms with Crippen molar-refractivity contribution in [2.75, 3.05) is 26.8 Å². The van der Waals surface area contributed by atoms with Crippen molar-refractivity contribution in [1.82, 2.24) is 10.0 Å². The van der Waals surface area contributed by atoms with Crippen LogP contribution in [0, 0.1) is 19.8 Å². The highest BCUT2D eigenvalue weighted by Gasteiger charge is 2.26. The summed E-state index contributed by atoms with van der Waals surface area (Å²) in [4.78, 5) is 0.247. The van der Waals surface area contributed by atoms with E-state index in [0.717, 1.165) is 6.61 Å². The summed E-state index contributed by atoms with van der Waals surface area (Å²) in [6, 6.07) is 0. The van der Waals surface area contributed by atoms with E-state index in [-0.39, 0.29) is 11.4 Å². The molecule has 1 aromatic rings. The molecule has 1 fully saturated rings. The lowest BCUT2D eigenvalue weighted by Crippen LogP contribution is -2.29. The molecule has 120 valence electrons. The smallest absolute Gasteiger partial charge is 0.244 e. The van der Waals surface area contributed by atoms with Crippen LogP contribution < -0.4 is 10.0 Å². The third-order valence-corrected chi connectivity index (χ3v) is 5.19. The molecule has 0 spiro atoms. The van der Waals surface area contributed by atoms with E-state index in [2.05, 4.69) is 10.0 Å². The highest BCUT2D eigenvalue weighted by molar-refractivity contribution is 7.89. The fraction of sp³-hybridized carbons (Fsp3) is 0.714. The maximum absolute atomic E-state index is 12.4. The van der Waals surface area contributed by atoms with Crippen molar-refractivity contribution in [2.24, 2.45) is 5.92 Å². The molecule has 0 radical (unpaired) electrons. The Labute approximate surface area is 126 Å². The lowest BCUT2D eigenvalue weighted by Gasteiger charge is -2.09. The van der Waals surface area contributed by atoms with Crippen molar-refractivity contribution in [3.05, 3.63) is 17.1 Å². The van der Waals surface area contributed by atoms with Crippen LogP contribution in [0.3, 0.4) is 0 Å². The van der Waals surface area contributed by atoms with E-state index in [9.17, 15) is 8.42 Å². The molecule has 0 aliphatic heterocycles. The first-order valence-corrected chi connectivity index (χ1v) is 8.75. The van der Waals surface area contributed by atoms with Crippen molar-refractivity contribution in [3.63, 3.8) is 0 Å². The maximum atomic E-state index is 12.4. The second kappa shape index (κ2) is 6.91. The highest BCUT2D eigenvalue weighted by atomic mass is 32.2. The molecule has 1 aliphatic rings. The summed E-state index contributed by atoms with van der Waals surface area (Å²) in [5, 5.41) is 2.97. The lowest BCUT2D eigenvalue weighted by atomic mass is 10.2. The van der Waals surface area contributed by atoms with Crippen LogP contribution in [0.2, 0.25) is 0 Å². The number of ether oxygens (including phenoxy) is 1. The predicted molar refractivity (Wildman–Crippen MR) is 79.7 cm³/mol. The predicted octanol–water partition coefficient (Wildman–Crippen LogP) is 1.32. The van der Waals surface area contributed by atoms with Gasteiger partial charge >= 0.3 is 0 Å². The zero-order valence-corrected chi connectivity index (χ0v) is 13.7. The van der Waals surface area contributed by atoms with Crippen LogP contribution in [0.4, 0.5) is 0 Å². The van der Waals surface area contributed by atoms with E-state index in [0.29, 0.717) is 36.2 Å². The monoisotopic (exact) mass is 316 g/mol. The molecule has 0 saturated heterocycles. The van der Waals surface area contributed by atoms with Gasteiger partial charge in [-0.2, -0.15) is 0 Å². The van der Waals surface area contributed by atoms with Gasteiger partial charge in [-0.1, -0.05) is 0 Å². The summed E-state index contributed by atoms with van der Waals surface area (Å²) in [5.74, 6) is 1.74. The molecule has 0 atom stereocenters. The molecular weight excluding hydrogens is 292 g/mol. The largest absolute Gasteiger partial charge is 0.465 e. The Bertz CT molecular complexity index is 576. The Morgan fingerprint density at radius 2 is 2.00 bits per heavy atom. The second-order valence-corrected chi connectivity index (χ2v) is 7.17. The van der Waals surface area contributed by atoms with E-state index in [4.69, 9.17) is 9.15 Å². The molecule has 1 aromatic heterocycles. The van der Waals surface area contributed by atoms with Crippen molar-refractivity contribution >= 4 is 10.0 Å². The summed E-state index contributed by atoms with van der Waals surface area (Å²) in [5.41, 5.74) is 0.682. The fourth-order valence-corrected chi connectivity index (χ4v) is 3.75. The van der Waals surface area contributed by atoms with Gasteiger partial charge in [0.2, 0.25) is 10.0 Å². The highest BCUT2D eigenvalue weighted by Crippen LogP contribution is 2.28. The number of sulfonamides is 1. The summed E-state index contributed by atoms with van der Waals surface area (Å²) < 4.78 is 38.3. The summed E-state index contributed by atoms with van der Waals surface area (Å²) in [7, 11) is -1.80. The van der Waals surface area contributed by atoms with Crippen molar-refractivity contribution < 1.29 is 17.6 Å². The van der Waals surface area contributed by atoms with Crippen LogP contribution in [0.15, 0.2) is 9.31 Å². The summed E-state index contributed by atoms with van der Waals surface area (Å²) >= 11 is 0. The molecule has 0 aromatic carbocycles.